The molecule has 1 aromatic heterocycles. The molecule has 4 nitrogen and oxygen atoms in total. The number of hydrogen-bond donors (Lipinski definition) is 1. The van der Waals surface area contributed by atoms with E-state index in [0.717, 1.165) is 11.8 Å². The van der Waals surface area contributed by atoms with E-state index in [4.69, 9.17) is 10.2 Å². The molecule has 2 rings (SSSR count). The number of rotatable bonds is 4. The van der Waals surface area contributed by atoms with Crippen LogP contribution in [0.25, 0.3) is 0 Å². The molecule has 0 saturated carbocycles. The number of nitrogens with two attached hydrogens (primary N) is 1. The van der Waals surface area contributed by atoms with Crippen molar-refractivity contribution in [2.24, 2.45) is 5.73 Å². The summed E-state index contributed by atoms with van der Waals surface area (Å²) in [5.74, 6) is -0.890. The Morgan fingerprint density at radius 3 is 2.78 bits per heavy atom. The van der Waals surface area contributed by atoms with Crippen molar-refractivity contribution >= 4 is 27.7 Å². The molecule has 0 aliphatic rings. The highest BCUT2D eigenvalue weighted by atomic mass is 79.9. The molecule has 0 atom stereocenters. The molecule has 1 aromatic carbocycles. The smallest absolute Gasteiger partial charge is 0.276 e. The molecule has 0 aliphatic carbocycles. The molecule has 0 amide bonds. The molecule has 0 aliphatic heterocycles. The molecule has 8 heteroatoms. The molecular formula is C10H8BrF2N3OS. The Morgan fingerprint density at radius 1 is 1.33 bits per heavy atom. The van der Waals surface area contributed by atoms with Crippen LogP contribution in [0.4, 0.5) is 8.78 Å². The van der Waals surface area contributed by atoms with Crippen molar-refractivity contribution in [2.45, 2.75) is 17.5 Å². The lowest BCUT2D eigenvalue weighted by molar-refractivity contribution is 0.414. The first kappa shape index (κ1) is 13.4. The summed E-state index contributed by atoms with van der Waals surface area (Å²) in [6, 6.07) is 2.51. The van der Waals surface area contributed by atoms with Gasteiger partial charge in [-0.2, -0.15) is 0 Å². The van der Waals surface area contributed by atoms with E-state index in [9.17, 15) is 8.78 Å². The van der Waals surface area contributed by atoms with Crippen molar-refractivity contribution in [3.05, 3.63) is 39.7 Å². The minimum absolute atomic E-state index is 0.0399. The van der Waals surface area contributed by atoms with Gasteiger partial charge in [-0.1, -0.05) is 11.8 Å². The van der Waals surface area contributed by atoms with E-state index in [-0.39, 0.29) is 33.4 Å². The number of halogens is 3. The van der Waals surface area contributed by atoms with Crippen LogP contribution in [-0.2, 0) is 12.3 Å². The topological polar surface area (TPSA) is 64.9 Å². The highest BCUT2D eigenvalue weighted by molar-refractivity contribution is 9.10. The molecule has 0 unspecified atom stereocenters. The van der Waals surface area contributed by atoms with Gasteiger partial charge in [0, 0.05) is 11.3 Å². The fourth-order valence-electron chi connectivity index (χ4n) is 1.21. The molecular weight excluding hydrogens is 328 g/mol. The van der Waals surface area contributed by atoms with Crippen LogP contribution in [0, 0.1) is 11.6 Å². The lowest BCUT2D eigenvalue weighted by atomic mass is 10.2. The summed E-state index contributed by atoms with van der Waals surface area (Å²) in [5.41, 5.74) is 5.27. The Morgan fingerprint density at radius 2 is 2.11 bits per heavy atom. The normalized spacial score (nSPS) is 10.9. The monoisotopic (exact) mass is 335 g/mol. The van der Waals surface area contributed by atoms with E-state index in [1.54, 1.807) is 0 Å². The number of aromatic nitrogens is 2. The third-order valence-corrected chi connectivity index (χ3v) is 3.56. The quantitative estimate of drug-likeness (QED) is 0.687. The summed E-state index contributed by atoms with van der Waals surface area (Å²) in [6.07, 6.45) is 0. The van der Waals surface area contributed by atoms with E-state index in [0.29, 0.717) is 0 Å². The Hall–Kier alpha value is -0.990. The van der Waals surface area contributed by atoms with Crippen LogP contribution >= 0.6 is 27.7 Å². The van der Waals surface area contributed by atoms with Crippen LogP contribution in [-0.4, -0.2) is 10.2 Å². The summed E-state index contributed by atoms with van der Waals surface area (Å²) in [4.78, 5) is 0. The van der Waals surface area contributed by atoms with Gasteiger partial charge in [-0.3, -0.25) is 0 Å². The zero-order valence-corrected chi connectivity index (χ0v) is 11.4. The fourth-order valence-corrected chi connectivity index (χ4v) is 2.37. The molecule has 0 spiro atoms. The Kier molecular flexibility index (Phi) is 4.31. The Balaban J connectivity index is 2.12. The first-order valence-corrected chi connectivity index (χ1v) is 6.67. The van der Waals surface area contributed by atoms with Crippen LogP contribution in [0.2, 0.25) is 0 Å². The standard InChI is InChI=1S/C10H8BrF2N3OS/c11-6-1-2-7(12)5(9(6)13)4-18-10-16-15-8(3-14)17-10/h1-2H,3-4,14H2. The average molecular weight is 336 g/mol. The summed E-state index contributed by atoms with van der Waals surface area (Å²) in [5, 5.41) is 7.57. The van der Waals surface area contributed by atoms with Gasteiger partial charge in [0.1, 0.15) is 11.6 Å². The van der Waals surface area contributed by atoms with Crippen LogP contribution in [0.15, 0.2) is 26.2 Å². The lowest BCUT2D eigenvalue weighted by Crippen LogP contribution is -1.95. The number of benzene rings is 1. The first-order chi connectivity index (χ1) is 8.61. The second-order valence-electron chi connectivity index (χ2n) is 3.28. The molecule has 2 N–H and O–H groups in total. The Bertz CT molecular complexity index is 564. The van der Waals surface area contributed by atoms with Gasteiger partial charge in [0.25, 0.3) is 5.22 Å². The fraction of sp³-hybridized carbons (Fsp3) is 0.200. The highest BCUT2D eigenvalue weighted by Crippen LogP contribution is 2.28. The van der Waals surface area contributed by atoms with E-state index in [2.05, 4.69) is 26.1 Å². The molecule has 0 bridgehead atoms. The average Bonchev–Trinajstić information content (AvgIpc) is 2.82. The maximum atomic E-state index is 13.6. The maximum absolute atomic E-state index is 13.6. The van der Waals surface area contributed by atoms with Gasteiger partial charge in [-0.25, -0.2) is 8.78 Å². The molecule has 0 saturated heterocycles. The van der Waals surface area contributed by atoms with Crippen LogP contribution < -0.4 is 5.73 Å². The summed E-state index contributed by atoms with van der Waals surface area (Å²) in [6.45, 7) is 0.132. The Labute approximate surface area is 114 Å². The van der Waals surface area contributed by atoms with Crippen molar-refractivity contribution < 1.29 is 13.2 Å². The van der Waals surface area contributed by atoms with E-state index in [1.807, 2.05) is 0 Å². The number of thioether (sulfide) groups is 1. The van der Waals surface area contributed by atoms with E-state index >= 15 is 0 Å². The largest absolute Gasteiger partial charge is 0.415 e. The third kappa shape index (κ3) is 2.88. The third-order valence-electron chi connectivity index (χ3n) is 2.10. The number of hydrogen-bond acceptors (Lipinski definition) is 5. The van der Waals surface area contributed by atoms with Crippen molar-refractivity contribution in [1.29, 1.82) is 0 Å². The van der Waals surface area contributed by atoms with Gasteiger partial charge in [0.05, 0.1) is 11.0 Å². The summed E-state index contributed by atoms with van der Waals surface area (Å²) >= 11 is 4.05. The van der Waals surface area contributed by atoms with Crippen LogP contribution in [0.1, 0.15) is 11.5 Å². The second-order valence-corrected chi connectivity index (χ2v) is 5.06. The van der Waals surface area contributed by atoms with Gasteiger partial charge >= 0.3 is 0 Å². The van der Waals surface area contributed by atoms with Gasteiger partial charge < -0.3 is 10.2 Å². The van der Waals surface area contributed by atoms with Crippen molar-refractivity contribution in [1.82, 2.24) is 10.2 Å². The van der Waals surface area contributed by atoms with Crippen molar-refractivity contribution in [2.75, 3.05) is 0 Å². The van der Waals surface area contributed by atoms with Crippen LogP contribution in [0.5, 0.6) is 0 Å². The zero-order chi connectivity index (χ0) is 13.1. The summed E-state index contributed by atoms with van der Waals surface area (Å²) in [7, 11) is 0. The number of nitrogens with zero attached hydrogens (tertiary/aromatic N) is 2. The molecule has 0 fully saturated rings. The minimum Gasteiger partial charge on any atom is -0.415 e. The van der Waals surface area contributed by atoms with Gasteiger partial charge in [-0.15, -0.1) is 10.2 Å². The first-order valence-electron chi connectivity index (χ1n) is 4.89. The van der Waals surface area contributed by atoms with Gasteiger partial charge in [0.15, 0.2) is 0 Å². The lowest BCUT2D eigenvalue weighted by Gasteiger charge is -2.04. The predicted molar refractivity (Wildman–Crippen MR) is 65.8 cm³/mol. The zero-order valence-electron chi connectivity index (χ0n) is 8.99. The van der Waals surface area contributed by atoms with E-state index < -0.39 is 11.6 Å². The molecule has 1 heterocycles. The highest BCUT2D eigenvalue weighted by Gasteiger charge is 2.14. The molecule has 18 heavy (non-hydrogen) atoms. The predicted octanol–water partition coefficient (Wildman–Crippen LogP) is 2.86. The van der Waals surface area contributed by atoms with E-state index in [1.165, 1.54) is 12.1 Å². The molecule has 0 radical (unpaired) electrons. The van der Waals surface area contributed by atoms with Crippen molar-refractivity contribution in [3.63, 3.8) is 0 Å². The summed E-state index contributed by atoms with van der Waals surface area (Å²) < 4.78 is 32.4. The van der Waals surface area contributed by atoms with Crippen molar-refractivity contribution in [3.8, 4) is 0 Å². The van der Waals surface area contributed by atoms with Crippen LogP contribution in [0.3, 0.4) is 0 Å². The van der Waals surface area contributed by atoms with Gasteiger partial charge in [-0.05, 0) is 28.1 Å². The molecule has 96 valence electrons. The molecule has 2 aromatic rings. The minimum atomic E-state index is -0.624. The maximum Gasteiger partial charge on any atom is 0.276 e. The second kappa shape index (κ2) is 5.77. The SMILES string of the molecule is NCc1nnc(SCc2c(F)ccc(Br)c2F)o1. The van der Waals surface area contributed by atoms with Gasteiger partial charge in [0.2, 0.25) is 5.89 Å².